The van der Waals surface area contributed by atoms with E-state index in [1.54, 1.807) is 6.20 Å². The SMILES string of the molecule is Cc1cc(C)n([C@H](C)c2nc(C)nn2-c2cccc3cccnc23)n1. The second-order valence-corrected chi connectivity index (χ2v) is 6.33. The van der Waals surface area contributed by atoms with E-state index in [4.69, 9.17) is 0 Å². The molecular weight excluding hydrogens is 312 g/mol. The van der Waals surface area contributed by atoms with Crippen molar-refractivity contribution in [3.63, 3.8) is 0 Å². The van der Waals surface area contributed by atoms with Crippen LogP contribution >= 0.6 is 0 Å². The van der Waals surface area contributed by atoms with Gasteiger partial charge in [0.2, 0.25) is 0 Å². The monoisotopic (exact) mass is 332 g/mol. The van der Waals surface area contributed by atoms with Crippen LogP contribution in [0.3, 0.4) is 0 Å². The summed E-state index contributed by atoms with van der Waals surface area (Å²) in [5.41, 5.74) is 3.95. The molecule has 25 heavy (non-hydrogen) atoms. The van der Waals surface area contributed by atoms with Crippen LogP contribution in [-0.2, 0) is 0 Å². The quantitative estimate of drug-likeness (QED) is 0.576. The molecule has 126 valence electrons. The van der Waals surface area contributed by atoms with Gasteiger partial charge in [-0.2, -0.15) is 10.2 Å². The predicted octanol–water partition coefficient (Wildman–Crippen LogP) is 3.55. The molecule has 0 aliphatic carbocycles. The highest BCUT2D eigenvalue weighted by Gasteiger charge is 2.21. The van der Waals surface area contributed by atoms with Gasteiger partial charge in [0.25, 0.3) is 0 Å². The molecule has 3 heterocycles. The number of aromatic nitrogens is 6. The Hall–Kier alpha value is -3.02. The van der Waals surface area contributed by atoms with Gasteiger partial charge in [-0.15, -0.1) is 0 Å². The minimum Gasteiger partial charge on any atom is -0.259 e. The third-order valence-electron chi connectivity index (χ3n) is 4.36. The molecule has 0 aliphatic rings. The molecule has 6 nitrogen and oxygen atoms in total. The lowest BCUT2D eigenvalue weighted by molar-refractivity contribution is 0.509. The van der Waals surface area contributed by atoms with Crippen LogP contribution in [0.2, 0.25) is 0 Å². The molecule has 0 saturated heterocycles. The normalized spacial score (nSPS) is 12.6. The molecule has 0 unspecified atom stereocenters. The van der Waals surface area contributed by atoms with Crippen molar-refractivity contribution < 1.29 is 0 Å². The number of para-hydroxylation sites is 1. The maximum absolute atomic E-state index is 4.68. The lowest BCUT2D eigenvalue weighted by Crippen LogP contribution is -2.16. The Kier molecular flexibility index (Phi) is 3.60. The van der Waals surface area contributed by atoms with Crippen molar-refractivity contribution in [2.75, 3.05) is 0 Å². The van der Waals surface area contributed by atoms with Crippen molar-refractivity contribution in [3.05, 3.63) is 65.6 Å². The van der Waals surface area contributed by atoms with Gasteiger partial charge >= 0.3 is 0 Å². The van der Waals surface area contributed by atoms with Crippen molar-refractivity contribution in [2.24, 2.45) is 0 Å². The summed E-state index contributed by atoms with van der Waals surface area (Å²) < 4.78 is 3.89. The van der Waals surface area contributed by atoms with E-state index >= 15 is 0 Å². The number of fused-ring (bicyclic) bond motifs is 1. The average molecular weight is 332 g/mol. The Balaban J connectivity index is 1.91. The van der Waals surface area contributed by atoms with E-state index in [0.29, 0.717) is 0 Å². The fraction of sp³-hybridized carbons (Fsp3) is 0.263. The maximum atomic E-state index is 4.68. The molecule has 0 bridgehead atoms. The second kappa shape index (κ2) is 5.81. The Morgan fingerprint density at radius 1 is 1.00 bits per heavy atom. The summed E-state index contributed by atoms with van der Waals surface area (Å²) in [7, 11) is 0. The Bertz CT molecular complexity index is 1050. The summed E-state index contributed by atoms with van der Waals surface area (Å²) in [5.74, 6) is 1.58. The van der Waals surface area contributed by atoms with Crippen LogP contribution < -0.4 is 0 Å². The van der Waals surface area contributed by atoms with Gasteiger partial charge in [-0.05, 0) is 45.9 Å². The molecule has 6 heteroatoms. The van der Waals surface area contributed by atoms with E-state index in [0.717, 1.165) is 39.6 Å². The van der Waals surface area contributed by atoms with Crippen LogP contribution in [0, 0.1) is 20.8 Å². The van der Waals surface area contributed by atoms with Gasteiger partial charge in [-0.25, -0.2) is 9.67 Å². The summed E-state index contributed by atoms with van der Waals surface area (Å²) >= 11 is 0. The van der Waals surface area contributed by atoms with E-state index in [1.807, 2.05) is 41.4 Å². The molecule has 0 radical (unpaired) electrons. The molecule has 0 saturated carbocycles. The molecule has 1 aromatic carbocycles. The molecule has 0 aliphatic heterocycles. The topological polar surface area (TPSA) is 61.4 Å². The minimum absolute atomic E-state index is 0.0335. The van der Waals surface area contributed by atoms with E-state index in [1.165, 1.54) is 0 Å². The number of hydrogen-bond acceptors (Lipinski definition) is 4. The summed E-state index contributed by atoms with van der Waals surface area (Å²) in [6, 6.07) is 12.1. The smallest absolute Gasteiger partial charge is 0.157 e. The van der Waals surface area contributed by atoms with Crippen LogP contribution in [0.5, 0.6) is 0 Å². The van der Waals surface area contributed by atoms with Gasteiger partial charge in [-0.1, -0.05) is 18.2 Å². The van der Waals surface area contributed by atoms with Gasteiger partial charge in [0.05, 0.1) is 16.9 Å². The van der Waals surface area contributed by atoms with Crippen molar-refractivity contribution in [1.82, 2.24) is 29.5 Å². The van der Waals surface area contributed by atoms with Gasteiger partial charge in [0.15, 0.2) is 5.82 Å². The zero-order valence-corrected chi connectivity index (χ0v) is 14.8. The molecule has 1 atom stereocenters. The van der Waals surface area contributed by atoms with Gasteiger partial charge in [0.1, 0.15) is 11.9 Å². The number of aryl methyl sites for hydroxylation is 3. The molecule has 4 aromatic rings. The van der Waals surface area contributed by atoms with E-state index in [-0.39, 0.29) is 6.04 Å². The number of pyridine rings is 1. The summed E-state index contributed by atoms with van der Waals surface area (Å²) in [4.78, 5) is 9.23. The summed E-state index contributed by atoms with van der Waals surface area (Å²) in [6.45, 7) is 8.06. The van der Waals surface area contributed by atoms with Crippen LogP contribution in [0.25, 0.3) is 16.6 Å². The Morgan fingerprint density at radius 2 is 1.80 bits per heavy atom. The van der Waals surface area contributed by atoms with E-state index in [2.05, 4.69) is 52.2 Å². The van der Waals surface area contributed by atoms with Crippen LogP contribution in [0.1, 0.15) is 36.0 Å². The van der Waals surface area contributed by atoms with Crippen LogP contribution in [-0.4, -0.2) is 29.5 Å². The maximum Gasteiger partial charge on any atom is 0.157 e. The van der Waals surface area contributed by atoms with Crippen molar-refractivity contribution in [2.45, 2.75) is 33.7 Å². The zero-order chi connectivity index (χ0) is 17.6. The predicted molar refractivity (Wildman–Crippen MR) is 96.9 cm³/mol. The fourth-order valence-corrected chi connectivity index (χ4v) is 3.29. The van der Waals surface area contributed by atoms with E-state index in [9.17, 15) is 0 Å². The summed E-state index contributed by atoms with van der Waals surface area (Å²) in [6.07, 6.45) is 1.81. The first kappa shape index (κ1) is 15.5. The number of benzene rings is 1. The summed E-state index contributed by atoms with van der Waals surface area (Å²) in [5, 5.41) is 10.3. The molecule has 0 amide bonds. The van der Waals surface area contributed by atoms with Gasteiger partial charge < -0.3 is 0 Å². The standard InChI is InChI=1S/C19H20N6/c1-12-11-13(2)24(22-12)14(3)19-21-15(4)23-25(19)17-9-5-7-16-8-6-10-20-18(16)17/h5-11,14H,1-4H3/t14-/m1/s1. The third kappa shape index (κ3) is 2.59. The fourth-order valence-electron chi connectivity index (χ4n) is 3.29. The molecule has 0 N–H and O–H groups in total. The molecule has 3 aromatic heterocycles. The highest BCUT2D eigenvalue weighted by atomic mass is 15.4. The van der Waals surface area contributed by atoms with Crippen molar-refractivity contribution >= 4 is 10.9 Å². The lowest BCUT2D eigenvalue weighted by Gasteiger charge is -2.15. The van der Waals surface area contributed by atoms with E-state index < -0.39 is 0 Å². The highest BCUT2D eigenvalue weighted by molar-refractivity contribution is 5.86. The highest BCUT2D eigenvalue weighted by Crippen LogP contribution is 2.25. The first-order valence-corrected chi connectivity index (χ1v) is 8.35. The average Bonchev–Trinajstić information content (AvgIpc) is 3.15. The molecule has 0 spiro atoms. The number of rotatable bonds is 3. The minimum atomic E-state index is -0.0335. The third-order valence-corrected chi connectivity index (χ3v) is 4.36. The first-order valence-electron chi connectivity index (χ1n) is 8.35. The first-order chi connectivity index (χ1) is 12.0. The Labute approximate surface area is 146 Å². The molecular formula is C19H20N6. The largest absolute Gasteiger partial charge is 0.259 e. The lowest BCUT2D eigenvalue weighted by atomic mass is 10.2. The van der Waals surface area contributed by atoms with Crippen LogP contribution in [0.15, 0.2) is 42.6 Å². The zero-order valence-electron chi connectivity index (χ0n) is 14.8. The van der Waals surface area contributed by atoms with Crippen molar-refractivity contribution in [3.8, 4) is 5.69 Å². The second-order valence-electron chi connectivity index (χ2n) is 6.33. The molecule has 4 rings (SSSR count). The van der Waals surface area contributed by atoms with Gasteiger partial charge in [-0.3, -0.25) is 9.67 Å². The number of hydrogen-bond donors (Lipinski definition) is 0. The van der Waals surface area contributed by atoms with Gasteiger partial charge in [0, 0.05) is 17.3 Å². The Morgan fingerprint density at radius 3 is 2.56 bits per heavy atom. The van der Waals surface area contributed by atoms with Crippen LogP contribution in [0.4, 0.5) is 0 Å². The molecule has 0 fully saturated rings. The van der Waals surface area contributed by atoms with Crippen molar-refractivity contribution in [1.29, 1.82) is 0 Å². The number of nitrogens with zero attached hydrogens (tertiary/aromatic N) is 6.